The summed E-state index contributed by atoms with van der Waals surface area (Å²) in [5.74, 6) is 1.36. The lowest BCUT2D eigenvalue weighted by Crippen LogP contribution is -2.40. The SMILES string of the molecule is COC(=O)c1ccc(NC(=S)N[C@@H]2C[C@H]3CC[C@H]2C3)cc1. The van der Waals surface area contributed by atoms with Gasteiger partial charge in [0.1, 0.15) is 0 Å². The molecule has 2 N–H and O–H groups in total. The number of fused-ring (bicyclic) bond motifs is 2. The van der Waals surface area contributed by atoms with Crippen LogP contribution in [0.4, 0.5) is 5.69 Å². The van der Waals surface area contributed by atoms with Gasteiger partial charge in [-0.1, -0.05) is 6.42 Å². The molecule has 1 aromatic rings. The molecule has 3 atom stereocenters. The summed E-state index contributed by atoms with van der Waals surface area (Å²) in [5, 5.41) is 7.28. The molecule has 0 heterocycles. The Kier molecular flexibility index (Phi) is 4.10. The number of esters is 1. The lowest BCUT2D eigenvalue weighted by Gasteiger charge is -2.24. The lowest BCUT2D eigenvalue weighted by atomic mass is 9.96. The highest BCUT2D eigenvalue weighted by molar-refractivity contribution is 7.80. The number of rotatable bonds is 3. The topological polar surface area (TPSA) is 50.4 Å². The van der Waals surface area contributed by atoms with Crippen molar-refractivity contribution in [1.82, 2.24) is 5.32 Å². The average Bonchev–Trinajstić information content (AvgIpc) is 3.09. The van der Waals surface area contributed by atoms with E-state index < -0.39 is 0 Å². The number of carbonyl (C=O) groups is 1. The number of hydrogen-bond acceptors (Lipinski definition) is 3. The number of hydrogen-bond donors (Lipinski definition) is 2. The van der Waals surface area contributed by atoms with Crippen molar-refractivity contribution in [3.63, 3.8) is 0 Å². The zero-order chi connectivity index (χ0) is 14.8. The first-order valence-electron chi connectivity index (χ1n) is 7.41. The molecule has 2 fully saturated rings. The molecule has 0 aliphatic heterocycles. The molecule has 4 nitrogen and oxygen atoms in total. The van der Waals surface area contributed by atoms with Gasteiger partial charge in [0.15, 0.2) is 5.11 Å². The van der Waals surface area contributed by atoms with Gasteiger partial charge in [-0.3, -0.25) is 0 Å². The highest BCUT2D eigenvalue weighted by atomic mass is 32.1. The van der Waals surface area contributed by atoms with Crippen LogP contribution < -0.4 is 10.6 Å². The van der Waals surface area contributed by atoms with Gasteiger partial charge in [0, 0.05) is 11.7 Å². The van der Waals surface area contributed by atoms with Gasteiger partial charge in [-0.05, 0) is 67.6 Å². The highest BCUT2D eigenvalue weighted by Crippen LogP contribution is 2.44. The van der Waals surface area contributed by atoms with E-state index in [9.17, 15) is 4.79 Å². The summed E-state index contributed by atoms with van der Waals surface area (Å²) in [5.41, 5.74) is 1.42. The van der Waals surface area contributed by atoms with Gasteiger partial charge in [0.25, 0.3) is 0 Å². The second-order valence-electron chi connectivity index (χ2n) is 5.95. The summed E-state index contributed by atoms with van der Waals surface area (Å²) < 4.78 is 4.68. The molecule has 5 heteroatoms. The minimum Gasteiger partial charge on any atom is -0.465 e. The third kappa shape index (κ3) is 3.18. The molecule has 2 aliphatic rings. The van der Waals surface area contributed by atoms with Crippen LogP contribution >= 0.6 is 12.2 Å². The quantitative estimate of drug-likeness (QED) is 0.664. The Morgan fingerprint density at radius 1 is 1.24 bits per heavy atom. The van der Waals surface area contributed by atoms with Crippen LogP contribution in [0.5, 0.6) is 0 Å². The minimum atomic E-state index is -0.329. The molecule has 2 aliphatic carbocycles. The van der Waals surface area contributed by atoms with E-state index in [1.807, 2.05) is 12.1 Å². The summed E-state index contributed by atoms with van der Waals surface area (Å²) in [6.07, 6.45) is 5.32. The first-order chi connectivity index (χ1) is 10.2. The number of methoxy groups -OCH3 is 1. The predicted molar refractivity (Wildman–Crippen MR) is 86.4 cm³/mol. The molecular formula is C16H20N2O2S. The van der Waals surface area contributed by atoms with Gasteiger partial charge in [-0.25, -0.2) is 4.79 Å². The molecule has 0 spiro atoms. The summed E-state index contributed by atoms with van der Waals surface area (Å²) in [4.78, 5) is 11.4. The van der Waals surface area contributed by atoms with Crippen molar-refractivity contribution in [2.45, 2.75) is 31.7 Å². The predicted octanol–water partition coefficient (Wildman–Crippen LogP) is 2.95. The van der Waals surface area contributed by atoms with Crippen molar-refractivity contribution < 1.29 is 9.53 Å². The standard InChI is InChI=1S/C16H20N2O2S/c1-20-15(19)11-4-6-13(7-5-11)17-16(21)18-14-9-10-2-3-12(14)8-10/h4-7,10,12,14H,2-3,8-9H2,1H3,(H2,17,18,21)/t10-,12-,14+/m0/s1. The monoisotopic (exact) mass is 304 g/mol. The number of nitrogens with one attached hydrogen (secondary N) is 2. The van der Waals surface area contributed by atoms with E-state index in [1.54, 1.807) is 12.1 Å². The third-order valence-electron chi connectivity index (χ3n) is 4.62. The number of thiocarbonyl (C=S) groups is 1. The lowest BCUT2D eigenvalue weighted by molar-refractivity contribution is 0.0601. The molecule has 0 unspecified atom stereocenters. The first kappa shape index (κ1) is 14.3. The number of anilines is 1. The maximum absolute atomic E-state index is 11.4. The van der Waals surface area contributed by atoms with Crippen molar-refractivity contribution in [2.75, 3.05) is 12.4 Å². The summed E-state index contributed by atoms with van der Waals surface area (Å²) >= 11 is 5.38. The Bertz CT molecular complexity index is 544. The second kappa shape index (κ2) is 6.02. The molecule has 21 heavy (non-hydrogen) atoms. The van der Waals surface area contributed by atoms with Crippen LogP contribution in [-0.2, 0) is 4.74 Å². The number of carbonyl (C=O) groups excluding carboxylic acids is 1. The smallest absolute Gasteiger partial charge is 0.337 e. The van der Waals surface area contributed by atoms with E-state index in [0.29, 0.717) is 16.7 Å². The number of ether oxygens (including phenoxy) is 1. The first-order valence-corrected chi connectivity index (χ1v) is 7.82. The van der Waals surface area contributed by atoms with Crippen molar-refractivity contribution >= 4 is 29.0 Å². The average molecular weight is 304 g/mol. The summed E-state index contributed by atoms with van der Waals surface area (Å²) in [7, 11) is 1.38. The van der Waals surface area contributed by atoms with Gasteiger partial charge in [0.2, 0.25) is 0 Å². The van der Waals surface area contributed by atoms with E-state index in [2.05, 4.69) is 15.4 Å². The Morgan fingerprint density at radius 2 is 2.00 bits per heavy atom. The van der Waals surface area contributed by atoms with Crippen LogP contribution in [0.3, 0.4) is 0 Å². The van der Waals surface area contributed by atoms with E-state index in [4.69, 9.17) is 12.2 Å². The Labute approximate surface area is 130 Å². The van der Waals surface area contributed by atoms with Crippen LogP contribution in [-0.4, -0.2) is 24.2 Å². The van der Waals surface area contributed by atoms with Crippen LogP contribution in [0.15, 0.2) is 24.3 Å². The second-order valence-corrected chi connectivity index (χ2v) is 6.36. The van der Waals surface area contributed by atoms with Gasteiger partial charge in [0.05, 0.1) is 12.7 Å². The fraction of sp³-hybridized carbons (Fsp3) is 0.500. The third-order valence-corrected chi connectivity index (χ3v) is 4.84. The molecule has 3 rings (SSSR count). The van der Waals surface area contributed by atoms with E-state index >= 15 is 0 Å². The normalized spacial score (nSPS) is 26.4. The molecular weight excluding hydrogens is 284 g/mol. The minimum absolute atomic E-state index is 0.329. The maximum Gasteiger partial charge on any atom is 0.337 e. The number of benzene rings is 1. The van der Waals surface area contributed by atoms with Gasteiger partial charge in [-0.2, -0.15) is 0 Å². The fourth-order valence-electron chi connectivity index (χ4n) is 3.56. The molecule has 0 amide bonds. The van der Waals surface area contributed by atoms with Gasteiger partial charge < -0.3 is 15.4 Å². The van der Waals surface area contributed by atoms with Crippen molar-refractivity contribution in [2.24, 2.45) is 11.8 Å². The molecule has 0 aromatic heterocycles. The van der Waals surface area contributed by atoms with Crippen LogP contribution in [0.1, 0.15) is 36.0 Å². The zero-order valence-corrected chi connectivity index (χ0v) is 12.9. The summed E-state index contributed by atoms with van der Waals surface area (Å²) in [6.45, 7) is 0. The molecule has 0 radical (unpaired) electrons. The molecule has 1 aromatic carbocycles. The Hall–Kier alpha value is -1.62. The molecule has 2 bridgehead atoms. The van der Waals surface area contributed by atoms with E-state index in [1.165, 1.54) is 32.8 Å². The Balaban J connectivity index is 1.54. The zero-order valence-electron chi connectivity index (χ0n) is 12.1. The van der Waals surface area contributed by atoms with E-state index in [0.717, 1.165) is 17.5 Å². The highest BCUT2D eigenvalue weighted by Gasteiger charge is 2.39. The van der Waals surface area contributed by atoms with Crippen LogP contribution in [0.25, 0.3) is 0 Å². The molecule has 2 saturated carbocycles. The van der Waals surface area contributed by atoms with E-state index in [-0.39, 0.29) is 5.97 Å². The molecule has 0 saturated heterocycles. The van der Waals surface area contributed by atoms with Gasteiger partial charge in [-0.15, -0.1) is 0 Å². The van der Waals surface area contributed by atoms with Crippen molar-refractivity contribution in [3.8, 4) is 0 Å². The Morgan fingerprint density at radius 3 is 2.57 bits per heavy atom. The van der Waals surface area contributed by atoms with Gasteiger partial charge >= 0.3 is 5.97 Å². The molecule has 112 valence electrons. The van der Waals surface area contributed by atoms with Crippen molar-refractivity contribution in [1.29, 1.82) is 0 Å². The maximum atomic E-state index is 11.4. The summed E-state index contributed by atoms with van der Waals surface area (Å²) in [6, 6.07) is 7.66. The van der Waals surface area contributed by atoms with Crippen molar-refractivity contribution in [3.05, 3.63) is 29.8 Å². The largest absolute Gasteiger partial charge is 0.465 e. The van der Waals surface area contributed by atoms with Crippen LogP contribution in [0.2, 0.25) is 0 Å². The van der Waals surface area contributed by atoms with Crippen LogP contribution in [0, 0.1) is 11.8 Å². The fourth-order valence-corrected chi connectivity index (χ4v) is 3.83.